The van der Waals surface area contributed by atoms with Gasteiger partial charge in [0.2, 0.25) is 0 Å². The number of hydrogen-bond donors (Lipinski definition) is 1. The van der Waals surface area contributed by atoms with E-state index in [1.807, 2.05) is 6.07 Å². The summed E-state index contributed by atoms with van der Waals surface area (Å²) in [6, 6.07) is 10.5. The molecule has 0 radical (unpaired) electrons. The van der Waals surface area contributed by atoms with Crippen LogP contribution in [-0.4, -0.2) is 23.9 Å². The zero-order valence-corrected chi connectivity index (χ0v) is 16.8. The molecule has 5 nitrogen and oxygen atoms in total. The first-order valence-corrected chi connectivity index (χ1v) is 5.72. The maximum atomic E-state index is 8.66. The molecule has 1 aromatic rings. The van der Waals surface area contributed by atoms with Crippen LogP contribution in [-0.2, 0) is 11.1 Å². The van der Waals surface area contributed by atoms with Crippen LogP contribution in [0.3, 0.4) is 0 Å². The fourth-order valence-electron chi connectivity index (χ4n) is 0.949. The van der Waals surface area contributed by atoms with Crippen LogP contribution in [0.4, 0.5) is 0 Å². The van der Waals surface area contributed by atoms with Crippen LogP contribution in [0, 0.1) is 0 Å². The molecule has 0 aliphatic heterocycles. The molecule has 1 N–H and O–H groups in total. The molecule has 0 saturated heterocycles. The van der Waals surface area contributed by atoms with Gasteiger partial charge in [0.1, 0.15) is 0 Å². The molecule has 1 aromatic carbocycles. The van der Waals surface area contributed by atoms with E-state index in [0.29, 0.717) is 0 Å². The summed E-state index contributed by atoms with van der Waals surface area (Å²) in [7, 11) is -0.986. The van der Waals surface area contributed by atoms with Gasteiger partial charge in [-0.1, -0.05) is 30.3 Å². The van der Waals surface area contributed by atoms with E-state index in [-0.39, 0.29) is 71.5 Å². The molecule has 94 valence electrons. The Bertz CT molecular complexity index is 315. The molecule has 0 heterocycles. The second-order valence-corrected chi connectivity index (χ2v) is 4.13. The fourth-order valence-corrected chi connectivity index (χ4v) is 0.949. The van der Waals surface area contributed by atoms with Gasteiger partial charge in [0, 0.05) is 6.54 Å². The van der Waals surface area contributed by atoms with Gasteiger partial charge in [0.25, 0.3) is 0 Å². The maximum absolute atomic E-state index is 8.66. The molecule has 1 rings (SSSR count). The van der Waals surface area contributed by atoms with Crippen molar-refractivity contribution in [2.45, 2.75) is 6.54 Å². The smallest absolute Gasteiger partial charge is 0.790 e. The summed E-state index contributed by atoms with van der Waals surface area (Å²) in [5.74, 6) is 0. The molecule has 0 fully saturated rings. The predicted molar refractivity (Wildman–Crippen MR) is 60.9 cm³/mol. The molecule has 0 bridgehead atoms. The minimum atomic E-state index is -5.14. The Kier molecular flexibility index (Phi) is 23.2. The Balaban J connectivity index is -0.000000109. The van der Waals surface area contributed by atoms with E-state index in [1.165, 1.54) is 5.56 Å². The summed E-state index contributed by atoms with van der Waals surface area (Å²) >= 11 is 0. The third kappa shape index (κ3) is 26.2. The summed E-state index contributed by atoms with van der Waals surface area (Å²) in [5, 5.41) is 0. The Hall–Kier alpha value is 1.58. The first-order valence-electron chi connectivity index (χ1n) is 4.22. The van der Waals surface area contributed by atoms with Gasteiger partial charge in [-0.3, -0.25) is 0 Å². The zero-order chi connectivity index (χ0) is 11.9. The van der Waals surface area contributed by atoms with Crippen molar-refractivity contribution in [1.82, 2.24) is 4.90 Å². The van der Waals surface area contributed by atoms with Crippen LogP contribution in [0.1, 0.15) is 5.56 Å². The van der Waals surface area contributed by atoms with E-state index in [0.717, 1.165) is 6.54 Å². The van der Waals surface area contributed by atoms with E-state index < -0.39 is 7.82 Å². The Labute approximate surface area is 158 Å². The van der Waals surface area contributed by atoms with Gasteiger partial charge in [-0.05, 0) is 19.7 Å². The van der Waals surface area contributed by atoms with Crippen LogP contribution in [0.15, 0.2) is 30.3 Å². The average molecular weight is 314 g/mol. The summed E-state index contributed by atoms with van der Waals surface area (Å²) in [5.41, 5.74) is 1.37. The van der Waals surface area contributed by atoms with Crippen molar-refractivity contribution < 1.29 is 78.4 Å². The van der Waals surface area contributed by atoms with Gasteiger partial charge >= 0.3 is 59.1 Å². The first-order chi connectivity index (χ1) is 6.79. The number of benzene rings is 1. The van der Waals surface area contributed by atoms with Gasteiger partial charge in [0.15, 0.2) is 0 Å². The van der Waals surface area contributed by atoms with E-state index >= 15 is 0 Å². The van der Waals surface area contributed by atoms with Crippen molar-refractivity contribution in [2.24, 2.45) is 0 Å². The molecule has 0 aliphatic rings. The molecule has 9 heteroatoms. The van der Waals surface area contributed by atoms with Crippen LogP contribution in [0.5, 0.6) is 0 Å². The molecule has 18 heavy (non-hydrogen) atoms. The molecular formula is C9H15ClNNa2O4P. The molecule has 0 atom stereocenters. The molecule has 0 spiro atoms. The van der Waals surface area contributed by atoms with E-state index in [9.17, 15) is 0 Å². The summed E-state index contributed by atoms with van der Waals surface area (Å²) in [6.07, 6.45) is 0. The number of phosphoric acid groups is 1. The Morgan fingerprint density at radius 3 is 1.78 bits per heavy atom. The summed E-state index contributed by atoms with van der Waals surface area (Å²) in [6.45, 7) is 1.03. The summed E-state index contributed by atoms with van der Waals surface area (Å²) < 4.78 is 8.66. The standard InChI is InChI=1S/C9H13N.ClH.2Na.H3O4P/c1-10(2)8-9-6-4-3-5-7-9;;;;1-5(2,3)4/h3-7H,8H2,1-2H3;1H;;;(H3,1,2,3,4)/q;;2*+1;/p-2. The van der Waals surface area contributed by atoms with Crippen molar-refractivity contribution in [3.05, 3.63) is 35.9 Å². The molecule has 0 unspecified atom stereocenters. The van der Waals surface area contributed by atoms with Gasteiger partial charge in [0.05, 0.1) is 7.82 Å². The first kappa shape index (κ1) is 27.8. The third-order valence-electron chi connectivity index (χ3n) is 1.34. The van der Waals surface area contributed by atoms with Crippen molar-refractivity contribution in [2.75, 3.05) is 14.1 Å². The summed E-state index contributed by atoms with van der Waals surface area (Å²) in [4.78, 5) is 26.4. The molecule has 0 amide bonds. The Morgan fingerprint density at radius 2 is 1.50 bits per heavy atom. The van der Waals surface area contributed by atoms with Crippen molar-refractivity contribution in [1.29, 1.82) is 0 Å². The van der Waals surface area contributed by atoms with E-state index in [1.54, 1.807) is 0 Å². The van der Waals surface area contributed by atoms with E-state index in [2.05, 4.69) is 43.3 Å². The SMILES string of the molecule is CN(C)Cc1ccccc1.Cl.O=P([O-])([O-])O.[Na+].[Na+]. The minimum absolute atomic E-state index is 0. The van der Waals surface area contributed by atoms with Crippen LogP contribution in [0.25, 0.3) is 0 Å². The minimum Gasteiger partial charge on any atom is -0.790 e. The van der Waals surface area contributed by atoms with Crippen LogP contribution < -0.4 is 68.9 Å². The second kappa shape index (κ2) is 15.0. The normalized spacial score (nSPS) is 9.00. The van der Waals surface area contributed by atoms with E-state index in [4.69, 9.17) is 19.2 Å². The second-order valence-electron chi connectivity index (χ2n) is 3.19. The van der Waals surface area contributed by atoms with Crippen molar-refractivity contribution >= 4 is 20.2 Å². The van der Waals surface area contributed by atoms with Crippen LogP contribution >= 0.6 is 20.2 Å². The quantitative estimate of drug-likeness (QED) is 0.434. The average Bonchev–Trinajstić information content (AvgIpc) is 2.01. The molecular weight excluding hydrogens is 299 g/mol. The Morgan fingerprint density at radius 1 is 1.17 bits per heavy atom. The third-order valence-corrected chi connectivity index (χ3v) is 1.34. The number of hydrogen-bond acceptors (Lipinski definition) is 4. The van der Waals surface area contributed by atoms with Gasteiger partial charge in [-0.15, -0.1) is 12.4 Å². The topological polar surface area (TPSA) is 86.7 Å². The van der Waals surface area contributed by atoms with Gasteiger partial charge in [-0.2, -0.15) is 0 Å². The molecule has 0 saturated carbocycles. The van der Waals surface area contributed by atoms with Crippen molar-refractivity contribution in [3.63, 3.8) is 0 Å². The molecule has 0 aromatic heterocycles. The van der Waals surface area contributed by atoms with Gasteiger partial charge in [-0.25, -0.2) is 0 Å². The van der Waals surface area contributed by atoms with Gasteiger partial charge < -0.3 is 24.1 Å². The number of rotatable bonds is 2. The predicted octanol–water partition coefficient (Wildman–Crippen LogP) is -6.01. The molecule has 0 aliphatic carbocycles. The maximum Gasteiger partial charge on any atom is 1.00 e. The number of halogens is 1. The van der Waals surface area contributed by atoms with Crippen molar-refractivity contribution in [3.8, 4) is 0 Å². The fraction of sp³-hybridized carbons (Fsp3) is 0.333. The number of nitrogens with zero attached hydrogens (tertiary/aromatic N) is 1. The monoisotopic (exact) mass is 313 g/mol. The van der Waals surface area contributed by atoms with Crippen LogP contribution in [0.2, 0.25) is 0 Å². The zero-order valence-electron chi connectivity index (χ0n) is 11.1. The largest absolute Gasteiger partial charge is 1.00 e.